The van der Waals surface area contributed by atoms with Crippen molar-refractivity contribution in [3.63, 3.8) is 0 Å². The molecule has 4 rings (SSSR count). The molecule has 0 amide bonds. The number of rotatable bonds is 3. The molecule has 0 unspecified atom stereocenters. The molecular weight excluding hydrogens is 316 g/mol. The summed E-state index contributed by atoms with van der Waals surface area (Å²) in [6, 6.07) is 9.91. The van der Waals surface area contributed by atoms with Crippen molar-refractivity contribution in [1.82, 2.24) is 19.5 Å². The Bertz CT molecular complexity index is 1170. The van der Waals surface area contributed by atoms with Crippen LogP contribution in [0.5, 0.6) is 0 Å². The smallest absolute Gasteiger partial charge is 0.322 e. The second kappa shape index (κ2) is 5.90. The summed E-state index contributed by atoms with van der Waals surface area (Å²) in [7, 11) is 0. The third-order valence-electron chi connectivity index (χ3n) is 4.28. The summed E-state index contributed by atoms with van der Waals surface area (Å²) >= 11 is 0. The van der Waals surface area contributed by atoms with E-state index in [4.69, 9.17) is 0 Å². The molecule has 6 heteroatoms. The average molecular weight is 332 g/mol. The zero-order chi connectivity index (χ0) is 17.4. The summed E-state index contributed by atoms with van der Waals surface area (Å²) in [6.45, 7) is 2.03. The van der Waals surface area contributed by atoms with Gasteiger partial charge >= 0.3 is 5.69 Å². The fourth-order valence-electron chi connectivity index (χ4n) is 3.18. The van der Waals surface area contributed by atoms with Gasteiger partial charge in [0.05, 0.1) is 11.2 Å². The summed E-state index contributed by atoms with van der Waals surface area (Å²) in [5, 5.41) is 0.988. The normalized spacial score (nSPS) is 11.1. The molecule has 2 N–H and O–H groups in total. The molecule has 0 aliphatic carbocycles. The van der Waals surface area contributed by atoms with Crippen LogP contribution < -0.4 is 11.2 Å². The van der Waals surface area contributed by atoms with Gasteiger partial charge in [-0.15, -0.1) is 0 Å². The minimum absolute atomic E-state index is 0.368. The number of aromatic nitrogens is 4. The predicted octanol–water partition coefficient (Wildman–Crippen LogP) is 2.30. The molecule has 0 aliphatic rings. The second-order valence-electron chi connectivity index (χ2n) is 5.97. The van der Waals surface area contributed by atoms with Gasteiger partial charge in [0.15, 0.2) is 0 Å². The maximum atomic E-state index is 12.0. The van der Waals surface area contributed by atoms with Crippen LogP contribution in [0.3, 0.4) is 0 Å². The third kappa shape index (κ3) is 2.67. The number of nitrogens with one attached hydrogen (secondary N) is 2. The molecule has 0 atom stereocenters. The van der Waals surface area contributed by atoms with Gasteiger partial charge in [-0.25, -0.2) is 4.79 Å². The lowest BCUT2D eigenvalue weighted by molar-refractivity contribution is 0.975. The minimum atomic E-state index is -0.501. The summed E-state index contributed by atoms with van der Waals surface area (Å²) in [5.74, 6) is 0. The lowest BCUT2D eigenvalue weighted by Gasteiger charge is -2.14. The van der Waals surface area contributed by atoms with Gasteiger partial charge in [0.25, 0.3) is 5.56 Å². The van der Waals surface area contributed by atoms with Gasteiger partial charge in [0.1, 0.15) is 0 Å². The highest BCUT2D eigenvalue weighted by Crippen LogP contribution is 2.28. The van der Waals surface area contributed by atoms with Crippen LogP contribution in [0, 0.1) is 6.92 Å². The predicted molar refractivity (Wildman–Crippen MR) is 96.3 cm³/mol. The molecular formula is C19H16N4O2. The first kappa shape index (κ1) is 15.1. The average Bonchev–Trinajstić information content (AvgIpc) is 3.11. The van der Waals surface area contributed by atoms with Gasteiger partial charge in [0.2, 0.25) is 0 Å². The molecule has 0 radical (unpaired) electrons. The Morgan fingerprint density at radius 2 is 1.92 bits per heavy atom. The first-order valence-electron chi connectivity index (χ1n) is 7.95. The van der Waals surface area contributed by atoms with E-state index in [9.17, 15) is 9.59 Å². The lowest BCUT2D eigenvalue weighted by Crippen LogP contribution is -2.24. The van der Waals surface area contributed by atoms with Crippen molar-refractivity contribution in [3.8, 4) is 5.69 Å². The van der Waals surface area contributed by atoms with E-state index >= 15 is 0 Å². The van der Waals surface area contributed by atoms with E-state index in [0.717, 1.165) is 27.7 Å². The first-order chi connectivity index (χ1) is 12.1. The Labute approximate surface area is 142 Å². The van der Waals surface area contributed by atoms with Crippen molar-refractivity contribution in [3.05, 3.63) is 92.6 Å². The monoisotopic (exact) mass is 332 g/mol. The van der Waals surface area contributed by atoms with Crippen molar-refractivity contribution in [2.75, 3.05) is 0 Å². The van der Waals surface area contributed by atoms with E-state index in [-0.39, 0.29) is 5.56 Å². The molecule has 4 aromatic rings. The topological polar surface area (TPSA) is 83.5 Å². The molecule has 1 aromatic carbocycles. The molecule has 0 spiro atoms. The fraction of sp³-hybridized carbons (Fsp3) is 0.105. The van der Waals surface area contributed by atoms with Crippen molar-refractivity contribution >= 4 is 10.9 Å². The standard InChI is InChI=1S/C19H16N4O2/c1-12-9-13(10-14-11-21-19(25)22-18(14)24)15-5-4-6-20-16(15)17(12)23-7-2-3-8-23/h2-9,11H,10H2,1H3,(H2,21,22,24,25). The zero-order valence-corrected chi connectivity index (χ0v) is 13.6. The number of nitrogens with zero attached hydrogens (tertiary/aromatic N) is 2. The Hall–Kier alpha value is -3.41. The maximum absolute atomic E-state index is 12.0. The van der Waals surface area contributed by atoms with Crippen LogP contribution in [0.2, 0.25) is 0 Å². The number of benzene rings is 1. The van der Waals surface area contributed by atoms with Crippen LogP contribution in [0.25, 0.3) is 16.6 Å². The molecule has 0 aliphatic heterocycles. The number of pyridine rings is 1. The molecule has 0 saturated carbocycles. The van der Waals surface area contributed by atoms with Crippen molar-refractivity contribution in [2.45, 2.75) is 13.3 Å². The summed E-state index contributed by atoms with van der Waals surface area (Å²) in [4.78, 5) is 32.6. The molecule has 6 nitrogen and oxygen atoms in total. The molecule has 3 aromatic heterocycles. The maximum Gasteiger partial charge on any atom is 0.325 e. The van der Waals surface area contributed by atoms with E-state index in [0.29, 0.717) is 12.0 Å². The van der Waals surface area contributed by atoms with Gasteiger partial charge in [0, 0.05) is 42.2 Å². The van der Waals surface area contributed by atoms with Crippen LogP contribution in [-0.4, -0.2) is 19.5 Å². The fourth-order valence-corrected chi connectivity index (χ4v) is 3.18. The van der Waals surface area contributed by atoms with Crippen LogP contribution in [0.1, 0.15) is 16.7 Å². The Kier molecular flexibility index (Phi) is 3.57. The van der Waals surface area contributed by atoms with Gasteiger partial charge in [-0.1, -0.05) is 12.1 Å². The van der Waals surface area contributed by atoms with Crippen LogP contribution in [0.4, 0.5) is 0 Å². The molecule has 3 heterocycles. The number of H-pyrrole nitrogens is 2. The van der Waals surface area contributed by atoms with E-state index in [1.165, 1.54) is 6.20 Å². The number of aryl methyl sites for hydroxylation is 1. The highest BCUT2D eigenvalue weighted by Gasteiger charge is 2.13. The Balaban J connectivity index is 1.93. The molecule has 0 saturated heterocycles. The van der Waals surface area contributed by atoms with Crippen molar-refractivity contribution < 1.29 is 0 Å². The number of hydrogen-bond donors (Lipinski definition) is 2. The zero-order valence-electron chi connectivity index (χ0n) is 13.6. The number of hydrogen-bond acceptors (Lipinski definition) is 3. The molecule has 25 heavy (non-hydrogen) atoms. The van der Waals surface area contributed by atoms with E-state index in [2.05, 4.69) is 21.0 Å². The quantitative estimate of drug-likeness (QED) is 0.604. The molecule has 124 valence electrons. The van der Waals surface area contributed by atoms with E-state index < -0.39 is 5.69 Å². The van der Waals surface area contributed by atoms with Crippen LogP contribution in [0.15, 0.2) is 64.7 Å². The van der Waals surface area contributed by atoms with Crippen molar-refractivity contribution in [1.29, 1.82) is 0 Å². The molecule has 0 fully saturated rings. The van der Waals surface area contributed by atoms with Gasteiger partial charge < -0.3 is 9.55 Å². The van der Waals surface area contributed by atoms with Gasteiger partial charge in [-0.05, 0) is 36.2 Å². The highest BCUT2D eigenvalue weighted by atomic mass is 16.2. The largest absolute Gasteiger partial charge is 0.325 e. The lowest BCUT2D eigenvalue weighted by atomic mass is 9.98. The minimum Gasteiger partial charge on any atom is -0.322 e. The Morgan fingerprint density at radius 3 is 2.68 bits per heavy atom. The highest BCUT2D eigenvalue weighted by molar-refractivity contribution is 5.91. The van der Waals surface area contributed by atoms with Crippen LogP contribution >= 0.6 is 0 Å². The first-order valence-corrected chi connectivity index (χ1v) is 7.95. The summed E-state index contributed by atoms with van der Waals surface area (Å²) in [6.07, 6.45) is 7.64. The summed E-state index contributed by atoms with van der Waals surface area (Å²) in [5.41, 5.74) is 3.62. The number of fused-ring (bicyclic) bond motifs is 1. The Morgan fingerprint density at radius 1 is 1.12 bits per heavy atom. The van der Waals surface area contributed by atoms with Crippen molar-refractivity contribution in [2.24, 2.45) is 0 Å². The van der Waals surface area contributed by atoms with Gasteiger partial charge in [-0.3, -0.25) is 14.8 Å². The van der Waals surface area contributed by atoms with E-state index in [1.54, 1.807) is 6.20 Å². The number of aromatic amines is 2. The van der Waals surface area contributed by atoms with E-state index in [1.807, 2.05) is 48.1 Å². The molecule has 0 bridgehead atoms. The van der Waals surface area contributed by atoms with Gasteiger partial charge in [-0.2, -0.15) is 0 Å². The SMILES string of the molecule is Cc1cc(Cc2c[nH]c(=O)[nH]c2=O)c2cccnc2c1-n1cccc1. The van der Waals surface area contributed by atoms with Crippen LogP contribution in [-0.2, 0) is 6.42 Å². The third-order valence-corrected chi connectivity index (χ3v) is 4.28. The summed E-state index contributed by atoms with van der Waals surface area (Å²) < 4.78 is 2.04. The second-order valence-corrected chi connectivity index (χ2v) is 5.97.